The molecule has 0 spiro atoms. The predicted octanol–water partition coefficient (Wildman–Crippen LogP) is 9.09. The van der Waals surface area contributed by atoms with Gasteiger partial charge in [0.1, 0.15) is 17.7 Å². The molecule has 0 fully saturated rings. The SMILES string of the molecule is C=C(C)c1ccc(C2=C(c3ccc(C)cc3)C(c3ccc(C#N)cc3)=C(c3ccc(C)cc3)C2=C(C#N)C#N)cc1. The molecule has 0 N–H and O–H groups in total. The average molecular weight is 526 g/mol. The van der Waals surface area contributed by atoms with Crippen molar-refractivity contribution in [3.05, 3.63) is 159 Å². The lowest BCUT2D eigenvalue weighted by molar-refractivity contribution is 1.42. The first kappa shape index (κ1) is 26.9. The van der Waals surface area contributed by atoms with Crippen LogP contribution < -0.4 is 0 Å². The number of aryl methyl sites for hydroxylation is 2. The number of benzene rings is 4. The van der Waals surface area contributed by atoms with E-state index >= 15 is 0 Å². The minimum atomic E-state index is 0.0489. The second-order valence-electron chi connectivity index (χ2n) is 10.3. The second-order valence-corrected chi connectivity index (χ2v) is 10.3. The highest BCUT2D eigenvalue weighted by molar-refractivity contribution is 6.35. The molecule has 3 nitrogen and oxygen atoms in total. The minimum absolute atomic E-state index is 0.0489. The summed E-state index contributed by atoms with van der Waals surface area (Å²) in [6.45, 7) is 10.1. The summed E-state index contributed by atoms with van der Waals surface area (Å²) in [4.78, 5) is 0. The van der Waals surface area contributed by atoms with Gasteiger partial charge < -0.3 is 0 Å². The zero-order valence-electron chi connectivity index (χ0n) is 23.3. The van der Waals surface area contributed by atoms with Gasteiger partial charge in [-0.2, -0.15) is 15.8 Å². The van der Waals surface area contributed by atoms with Crippen LogP contribution in [0.2, 0.25) is 0 Å². The maximum atomic E-state index is 10.3. The highest BCUT2D eigenvalue weighted by Crippen LogP contribution is 2.55. The summed E-state index contributed by atoms with van der Waals surface area (Å²) in [5, 5.41) is 30.0. The molecular formula is C38H27N3. The number of allylic oxidation sites excluding steroid dienone is 7. The van der Waals surface area contributed by atoms with Gasteiger partial charge in [-0.05, 0) is 71.9 Å². The summed E-state index contributed by atoms with van der Waals surface area (Å²) in [6.07, 6.45) is 0. The zero-order chi connectivity index (χ0) is 29.1. The van der Waals surface area contributed by atoms with Crippen molar-refractivity contribution < 1.29 is 0 Å². The topological polar surface area (TPSA) is 71.4 Å². The van der Waals surface area contributed by atoms with E-state index in [0.29, 0.717) is 11.1 Å². The first-order valence-electron chi connectivity index (χ1n) is 13.3. The molecule has 0 radical (unpaired) electrons. The fourth-order valence-electron chi connectivity index (χ4n) is 5.24. The van der Waals surface area contributed by atoms with Crippen LogP contribution in [0.15, 0.2) is 115 Å². The van der Waals surface area contributed by atoms with Gasteiger partial charge >= 0.3 is 0 Å². The van der Waals surface area contributed by atoms with Crippen molar-refractivity contribution in [2.45, 2.75) is 20.8 Å². The first-order valence-corrected chi connectivity index (χ1v) is 13.3. The van der Waals surface area contributed by atoms with E-state index in [2.05, 4.69) is 49.1 Å². The van der Waals surface area contributed by atoms with Gasteiger partial charge in [-0.3, -0.25) is 0 Å². The Morgan fingerprint density at radius 3 is 1.27 bits per heavy atom. The van der Waals surface area contributed by atoms with Gasteiger partial charge in [0.2, 0.25) is 0 Å². The minimum Gasteiger partial charge on any atom is -0.192 e. The number of nitrogens with zero attached hydrogens (tertiary/aromatic N) is 3. The Hall–Kier alpha value is -5.69. The van der Waals surface area contributed by atoms with E-state index in [1.54, 1.807) is 12.1 Å². The molecule has 0 saturated heterocycles. The van der Waals surface area contributed by atoms with Gasteiger partial charge in [-0.15, -0.1) is 0 Å². The number of rotatable bonds is 5. The molecule has 3 heteroatoms. The molecule has 41 heavy (non-hydrogen) atoms. The fourth-order valence-corrected chi connectivity index (χ4v) is 5.24. The van der Waals surface area contributed by atoms with Crippen LogP contribution in [0.3, 0.4) is 0 Å². The summed E-state index contributed by atoms with van der Waals surface area (Å²) in [5.74, 6) is 0. The number of hydrogen-bond acceptors (Lipinski definition) is 3. The van der Waals surface area contributed by atoms with Crippen molar-refractivity contribution >= 4 is 27.9 Å². The molecule has 1 aliphatic carbocycles. The largest absolute Gasteiger partial charge is 0.192 e. The third-order valence-electron chi connectivity index (χ3n) is 7.37. The van der Waals surface area contributed by atoms with E-state index in [9.17, 15) is 15.8 Å². The lowest BCUT2D eigenvalue weighted by Gasteiger charge is -2.15. The van der Waals surface area contributed by atoms with Gasteiger partial charge in [0.05, 0.1) is 11.6 Å². The third kappa shape index (κ3) is 5.04. The van der Waals surface area contributed by atoms with E-state index in [4.69, 9.17) is 0 Å². The molecule has 0 bridgehead atoms. The highest BCUT2D eigenvalue weighted by atomic mass is 14.4. The van der Waals surface area contributed by atoms with Crippen LogP contribution in [-0.2, 0) is 0 Å². The van der Waals surface area contributed by atoms with Crippen molar-refractivity contribution in [2.24, 2.45) is 0 Å². The Balaban J connectivity index is 1.98. The smallest absolute Gasteiger partial charge is 0.138 e. The van der Waals surface area contributed by atoms with Gasteiger partial charge in [0.15, 0.2) is 0 Å². The van der Waals surface area contributed by atoms with E-state index < -0.39 is 0 Å². The van der Waals surface area contributed by atoms with Crippen LogP contribution in [-0.4, -0.2) is 0 Å². The Labute approximate surface area is 241 Å². The van der Waals surface area contributed by atoms with Crippen LogP contribution in [0.5, 0.6) is 0 Å². The lowest BCUT2D eigenvalue weighted by atomic mass is 9.87. The lowest BCUT2D eigenvalue weighted by Crippen LogP contribution is -1.96. The number of hydrogen-bond donors (Lipinski definition) is 0. The highest BCUT2D eigenvalue weighted by Gasteiger charge is 2.35. The first-order chi connectivity index (χ1) is 19.9. The van der Waals surface area contributed by atoms with Crippen LogP contribution in [0, 0.1) is 47.8 Å². The Morgan fingerprint density at radius 2 is 0.902 bits per heavy atom. The Morgan fingerprint density at radius 1 is 0.537 bits per heavy atom. The summed E-state index contributed by atoms with van der Waals surface area (Å²) in [6, 6.07) is 38.7. The van der Waals surface area contributed by atoms with Crippen LogP contribution in [0.4, 0.5) is 0 Å². The summed E-state index contributed by atoms with van der Waals surface area (Å²) in [5.41, 5.74) is 12.6. The van der Waals surface area contributed by atoms with Crippen LogP contribution in [0.25, 0.3) is 27.9 Å². The molecule has 0 heterocycles. The van der Waals surface area contributed by atoms with E-state index in [1.165, 1.54) is 0 Å². The molecular weight excluding hydrogens is 498 g/mol. The quantitative estimate of drug-likeness (QED) is 0.244. The second kappa shape index (κ2) is 11.2. The fraction of sp³-hybridized carbons (Fsp3) is 0.0789. The molecule has 0 aliphatic heterocycles. The molecule has 0 atom stereocenters. The van der Waals surface area contributed by atoms with Crippen molar-refractivity contribution in [3.63, 3.8) is 0 Å². The van der Waals surface area contributed by atoms with E-state index in [1.807, 2.05) is 81.4 Å². The standard InChI is InChI=1S/C38H27N3/c1-24(2)28-17-19-32(20-18-28)37-34(29-11-5-25(3)6-12-29)35(31-15-9-27(21-39)10-16-31)36(38(37)33(22-40)23-41)30-13-7-26(4)8-14-30/h5-20H,1H2,2-4H3. The summed E-state index contributed by atoms with van der Waals surface area (Å²) < 4.78 is 0. The molecule has 194 valence electrons. The predicted molar refractivity (Wildman–Crippen MR) is 167 cm³/mol. The van der Waals surface area contributed by atoms with Gasteiger partial charge in [-0.1, -0.05) is 108 Å². The monoisotopic (exact) mass is 525 g/mol. The van der Waals surface area contributed by atoms with Crippen LogP contribution in [0.1, 0.15) is 51.4 Å². The number of nitriles is 3. The van der Waals surface area contributed by atoms with Gasteiger partial charge in [0.25, 0.3) is 0 Å². The normalized spacial score (nSPS) is 12.5. The molecule has 0 amide bonds. The van der Waals surface area contributed by atoms with Crippen LogP contribution >= 0.6 is 0 Å². The molecule has 4 aromatic rings. The van der Waals surface area contributed by atoms with Crippen molar-refractivity contribution in [2.75, 3.05) is 0 Å². The zero-order valence-corrected chi connectivity index (χ0v) is 23.3. The third-order valence-corrected chi connectivity index (χ3v) is 7.37. The molecule has 0 saturated carbocycles. The molecule has 5 rings (SSSR count). The Bertz CT molecular complexity index is 1870. The van der Waals surface area contributed by atoms with Crippen molar-refractivity contribution in [3.8, 4) is 18.2 Å². The van der Waals surface area contributed by atoms with Gasteiger partial charge in [0, 0.05) is 16.7 Å². The van der Waals surface area contributed by atoms with Gasteiger partial charge in [-0.25, -0.2) is 0 Å². The molecule has 4 aromatic carbocycles. The maximum Gasteiger partial charge on any atom is 0.138 e. The van der Waals surface area contributed by atoms with E-state index in [0.717, 1.165) is 66.8 Å². The molecule has 0 aromatic heterocycles. The summed E-state index contributed by atoms with van der Waals surface area (Å²) in [7, 11) is 0. The molecule has 0 unspecified atom stereocenters. The summed E-state index contributed by atoms with van der Waals surface area (Å²) >= 11 is 0. The van der Waals surface area contributed by atoms with Crippen molar-refractivity contribution in [1.82, 2.24) is 0 Å². The molecule has 1 aliphatic rings. The average Bonchev–Trinajstić information content (AvgIpc) is 3.34. The Kier molecular flexibility index (Phi) is 7.35. The van der Waals surface area contributed by atoms with Crippen molar-refractivity contribution in [1.29, 1.82) is 15.8 Å². The maximum absolute atomic E-state index is 10.3. The van der Waals surface area contributed by atoms with E-state index in [-0.39, 0.29) is 5.57 Å².